The van der Waals surface area contributed by atoms with Crippen LogP contribution >= 0.6 is 23.3 Å². The molecule has 1 fully saturated rings. The van der Waals surface area contributed by atoms with Crippen LogP contribution < -0.4 is 9.64 Å². The van der Waals surface area contributed by atoms with Crippen molar-refractivity contribution in [1.82, 2.24) is 8.75 Å². The normalized spacial score (nSPS) is 20.9. The van der Waals surface area contributed by atoms with E-state index in [9.17, 15) is 4.79 Å². The van der Waals surface area contributed by atoms with Gasteiger partial charge >= 0.3 is 0 Å². The molecule has 0 radical (unpaired) electrons. The molecule has 2 heterocycles. The highest BCUT2D eigenvalue weighted by Crippen LogP contribution is 2.34. The molecule has 24 heavy (non-hydrogen) atoms. The van der Waals surface area contributed by atoms with Crippen LogP contribution in [0, 0.1) is 0 Å². The Morgan fingerprint density at radius 2 is 1.92 bits per heavy atom. The molecule has 1 aromatic carbocycles. The largest absolute Gasteiger partial charge is 0.466 e. The molecule has 1 aliphatic rings. The first kappa shape index (κ1) is 17.2. The van der Waals surface area contributed by atoms with Gasteiger partial charge in [0, 0.05) is 22.7 Å². The number of hydrogen-bond acceptors (Lipinski definition) is 6. The molecule has 1 aliphatic heterocycles. The Hall–Kier alpha value is -1.66. The Morgan fingerprint density at radius 3 is 2.58 bits per heavy atom. The van der Waals surface area contributed by atoms with Crippen molar-refractivity contribution in [2.45, 2.75) is 45.2 Å². The fourth-order valence-corrected chi connectivity index (χ4v) is 3.74. The third-order valence-corrected chi connectivity index (χ3v) is 5.14. The van der Waals surface area contributed by atoms with Crippen molar-refractivity contribution in [3.63, 3.8) is 0 Å². The number of hydrogen-bond donors (Lipinski definition) is 0. The van der Waals surface area contributed by atoms with Crippen LogP contribution in [-0.2, 0) is 0 Å². The van der Waals surface area contributed by atoms with Gasteiger partial charge in [-0.3, -0.25) is 4.79 Å². The van der Waals surface area contributed by atoms with Crippen LogP contribution in [0.2, 0.25) is 5.02 Å². The number of piperidine rings is 1. The fraction of sp³-hybridized carbons (Fsp3) is 0.471. The zero-order valence-electron chi connectivity index (χ0n) is 13.7. The highest BCUT2D eigenvalue weighted by Gasteiger charge is 2.30. The molecule has 128 valence electrons. The van der Waals surface area contributed by atoms with Gasteiger partial charge in [0.25, 0.3) is 5.88 Å². The molecule has 7 heteroatoms. The van der Waals surface area contributed by atoms with Crippen molar-refractivity contribution in [2.24, 2.45) is 0 Å². The van der Waals surface area contributed by atoms with Crippen LogP contribution in [0.3, 0.4) is 0 Å². The number of benzene rings is 1. The quantitative estimate of drug-likeness (QED) is 0.742. The summed E-state index contributed by atoms with van der Waals surface area (Å²) < 4.78 is 14.3. The van der Waals surface area contributed by atoms with E-state index in [1.807, 2.05) is 0 Å². The average molecular weight is 366 g/mol. The van der Waals surface area contributed by atoms with Gasteiger partial charge in [-0.05, 0) is 57.4 Å². The fourth-order valence-electron chi connectivity index (χ4n) is 3.12. The molecule has 0 saturated carbocycles. The van der Waals surface area contributed by atoms with Gasteiger partial charge in [0.2, 0.25) is 5.82 Å². The monoisotopic (exact) mass is 365 g/mol. The van der Waals surface area contributed by atoms with Gasteiger partial charge in [-0.2, -0.15) is 4.37 Å². The van der Waals surface area contributed by atoms with E-state index in [4.69, 9.17) is 16.3 Å². The van der Waals surface area contributed by atoms with Crippen LogP contribution in [-0.4, -0.2) is 33.2 Å². The summed E-state index contributed by atoms with van der Waals surface area (Å²) in [5, 5.41) is 0.603. The summed E-state index contributed by atoms with van der Waals surface area (Å²) in [4.78, 5) is 14.5. The molecule has 1 aromatic heterocycles. The first-order chi connectivity index (χ1) is 11.6. The first-order valence-corrected chi connectivity index (χ1v) is 9.19. The molecule has 3 rings (SSSR count). The maximum absolute atomic E-state index is 12.2. The number of carbonyl (C=O) groups is 1. The smallest absolute Gasteiger partial charge is 0.271 e. The molecule has 0 spiro atoms. The van der Waals surface area contributed by atoms with Crippen LogP contribution in [0.5, 0.6) is 5.88 Å². The van der Waals surface area contributed by atoms with Crippen molar-refractivity contribution in [3.05, 3.63) is 34.9 Å². The van der Waals surface area contributed by atoms with Crippen molar-refractivity contribution < 1.29 is 9.53 Å². The van der Waals surface area contributed by atoms with Crippen molar-refractivity contribution in [3.8, 4) is 5.88 Å². The van der Waals surface area contributed by atoms with Crippen molar-refractivity contribution >= 4 is 34.9 Å². The van der Waals surface area contributed by atoms with Gasteiger partial charge in [0.15, 0.2) is 12.4 Å². The Labute approximate surface area is 150 Å². The number of anilines is 1. The lowest BCUT2D eigenvalue weighted by Crippen LogP contribution is -2.44. The van der Waals surface area contributed by atoms with Crippen molar-refractivity contribution in [1.29, 1.82) is 0 Å². The van der Waals surface area contributed by atoms with E-state index in [2.05, 4.69) is 27.5 Å². The summed E-state index contributed by atoms with van der Waals surface area (Å²) in [6.07, 6.45) is 3.48. The number of halogens is 1. The molecule has 0 bridgehead atoms. The molecule has 0 N–H and O–H groups in total. The van der Waals surface area contributed by atoms with E-state index >= 15 is 0 Å². The predicted molar refractivity (Wildman–Crippen MR) is 96.4 cm³/mol. The molecule has 0 amide bonds. The third kappa shape index (κ3) is 3.70. The Morgan fingerprint density at radius 1 is 1.25 bits per heavy atom. The summed E-state index contributed by atoms with van der Waals surface area (Å²) in [5.74, 6) is 1.09. The molecule has 1 saturated heterocycles. The van der Waals surface area contributed by atoms with E-state index in [-0.39, 0.29) is 12.4 Å². The highest BCUT2D eigenvalue weighted by atomic mass is 35.5. The SMILES string of the molecule is CC1CCCC(C)N1c1nsnc1OCC(=O)c1ccc(Cl)cc1. The van der Waals surface area contributed by atoms with E-state index in [1.165, 1.54) is 6.42 Å². The van der Waals surface area contributed by atoms with Crippen molar-refractivity contribution in [2.75, 3.05) is 11.5 Å². The first-order valence-electron chi connectivity index (χ1n) is 8.08. The molecular weight excluding hydrogens is 346 g/mol. The lowest BCUT2D eigenvalue weighted by Gasteiger charge is -2.39. The van der Waals surface area contributed by atoms with Gasteiger partial charge in [-0.1, -0.05) is 11.6 Å². The number of rotatable bonds is 5. The zero-order chi connectivity index (χ0) is 17.1. The maximum Gasteiger partial charge on any atom is 0.271 e. The lowest BCUT2D eigenvalue weighted by molar-refractivity contribution is 0.0919. The maximum atomic E-state index is 12.2. The predicted octanol–water partition coefficient (Wildman–Crippen LogP) is 4.22. The summed E-state index contributed by atoms with van der Waals surface area (Å²) in [5.41, 5.74) is 0.573. The molecule has 5 nitrogen and oxygen atoms in total. The van der Waals surface area contributed by atoms with Crippen LogP contribution in [0.1, 0.15) is 43.5 Å². The molecule has 2 aromatic rings. The number of aromatic nitrogens is 2. The van der Waals surface area contributed by atoms with E-state index in [1.54, 1.807) is 24.3 Å². The van der Waals surface area contributed by atoms with E-state index in [0.717, 1.165) is 30.4 Å². The van der Waals surface area contributed by atoms with Crippen LogP contribution in [0.25, 0.3) is 0 Å². The summed E-state index contributed by atoms with van der Waals surface area (Å²) in [7, 11) is 0. The summed E-state index contributed by atoms with van der Waals surface area (Å²) >= 11 is 6.96. The number of nitrogens with zero attached hydrogens (tertiary/aromatic N) is 3. The molecule has 0 aliphatic carbocycles. The minimum Gasteiger partial charge on any atom is -0.466 e. The second-order valence-corrected chi connectivity index (χ2v) is 7.11. The molecule has 2 atom stereocenters. The number of ketones is 1. The van der Waals surface area contributed by atoms with E-state index < -0.39 is 0 Å². The minimum absolute atomic E-state index is 0.0589. The van der Waals surface area contributed by atoms with Gasteiger partial charge < -0.3 is 9.64 Å². The summed E-state index contributed by atoms with van der Waals surface area (Å²) in [6, 6.07) is 7.58. The Kier molecular flexibility index (Phi) is 5.36. The third-order valence-electron chi connectivity index (χ3n) is 4.39. The minimum atomic E-state index is -0.106. The number of Topliss-reactive ketones (excluding diaryl/α,β-unsaturated/α-hetero) is 1. The average Bonchev–Trinajstić information content (AvgIpc) is 3.01. The molecular formula is C17H20ClN3O2S. The molecule has 2 unspecified atom stereocenters. The Bertz CT molecular complexity index is 694. The van der Waals surface area contributed by atoms with Crippen LogP contribution in [0.4, 0.5) is 5.82 Å². The van der Waals surface area contributed by atoms with E-state index in [0.29, 0.717) is 28.5 Å². The topological polar surface area (TPSA) is 55.3 Å². The lowest BCUT2D eigenvalue weighted by atomic mass is 9.98. The number of carbonyl (C=O) groups excluding carboxylic acids is 1. The van der Waals surface area contributed by atoms with Gasteiger partial charge in [-0.25, -0.2) is 0 Å². The highest BCUT2D eigenvalue weighted by molar-refractivity contribution is 6.99. The second kappa shape index (κ2) is 7.49. The Balaban J connectivity index is 1.69. The van der Waals surface area contributed by atoms with Gasteiger partial charge in [-0.15, -0.1) is 4.37 Å². The number of ether oxygens (including phenoxy) is 1. The second-order valence-electron chi connectivity index (χ2n) is 6.15. The summed E-state index contributed by atoms with van der Waals surface area (Å²) in [6.45, 7) is 4.33. The zero-order valence-corrected chi connectivity index (χ0v) is 15.3. The van der Waals surface area contributed by atoms with Gasteiger partial charge in [0.1, 0.15) is 0 Å². The standard InChI is InChI=1S/C17H20ClN3O2S/c1-11-4-3-5-12(2)21(11)16-17(20-24-19-16)23-10-15(22)13-6-8-14(18)9-7-13/h6-9,11-12H,3-5,10H2,1-2H3. The van der Waals surface area contributed by atoms with Crippen LogP contribution in [0.15, 0.2) is 24.3 Å². The van der Waals surface area contributed by atoms with Gasteiger partial charge in [0.05, 0.1) is 11.7 Å².